The third kappa shape index (κ3) is 5.53. The molecule has 1 aromatic heterocycles. The number of nitrogens with zero attached hydrogens (tertiary/aromatic N) is 1. The number of aliphatic carboxylic acids is 1. The third-order valence-corrected chi connectivity index (χ3v) is 4.09. The van der Waals surface area contributed by atoms with E-state index in [1.54, 1.807) is 42.6 Å². The first-order valence-corrected chi connectivity index (χ1v) is 8.61. The summed E-state index contributed by atoms with van der Waals surface area (Å²) in [7, 11) is 0. The van der Waals surface area contributed by atoms with Crippen LogP contribution in [-0.4, -0.2) is 34.0 Å². The van der Waals surface area contributed by atoms with Gasteiger partial charge in [-0.15, -0.1) is 0 Å². The Labute approximate surface area is 156 Å². The highest BCUT2D eigenvalue weighted by Crippen LogP contribution is 2.19. The molecule has 1 aromatic carbocycles. The lowest BCUT2D eigenvalue weighted by atomic mass is 10.1. The van der Waals surface area contributed by atoms with Crippen molar-refractivity contribution in [2.75, 3.05) is 5.32 Å². The molecular weight excluding hydrogens is 348 g/mol. The van der Waals surface area contributed by atoms with Gasteiger partial charge in [-0.2, -0.15) is 0 Å². The second-order valence-corrected chi connectivity index (χ2v) is 6.36. The van der Waals surface area contributed by atoms with E-state index < -0.39 is 17.9 Å². The number of hydrogen-bond acceptors (Lipinski definition) is 4. The Morgan fingerprint density at radius 1 is 1.15 bits per heavy atom. The van der Waals surface area contributed by atoms with E-state index >= 15 is 0 Å². The van der Waals surface area contributed by atoms with Crippen LogP contribution < -0.4 is 16.0 Å². The highest BCUT2D eigenvalue weighted by atomic mass is 16.4. The fourth-order valence-electron chi connectivity index (χ4n) is 2.54. The molecule has 27 heavy (non-hydrogen) atoms. The summed E-state index contributed by atoms with van der Waals surface area (Å²) < 4.78 is 0. The normalized spacial score (nSPS) is 14.1. The van der Waals surface area contributed by atoms with Gasteiger partial charge < -0.3 is 21.1 Å². The van der Waals surface area contributed by atoms with Crippen LogP contribution in [0.15, 0.2) is 48.8 Å². The molecule has 140 valence electrons. The maximum Gasteiger partial charge on any atom is 0.319 e. The number of carboxylic acid groups (broad SMARTS) is 1. The molecule has 0 bridgehead atoms. The van der Waals surface area contributed by atoms with E-state index in [4.69, 9.17) is 5.11 Å². The van der Waals surface area contributed by atoms with Gasteiger partial charge in [-0.1, -0.05) is 6.07 Å². The van der Waals surface area contributed by atoms with Crippen LogP contribution in [-0.2, 0) is 4.79 Å². The predicted molar refractivity (Wildman–Crippen MR) is 98.3 cm³/mol. The molecule has 1 aliphatic rings. The van der Waals surface area contributed by atoms with Crippen LogP contribution in [0.1, 0.15) is 41.2 Å². The fourth-order valence-corrected chi connectivity index (χ4v) is 2.54. The van der Waals surface area contributed by atoms with Gasteiger partial charge in [0.15, 0.2) is 0 Å². The molecule has 1 aliphatic carbocycles. The van der Waals surface area contributed by atoms with Gasteiger partial charge in [0.05, 0.1) is 12.5 Å². The van der Waals surface area contributed by atoms with Crippen molar-refractivity contribution in [2.24, 2.45) is 0 Å². The van der Waals surface area contributed by atoms with Crippen molar-refractivity contribution in [3.63, 3.8) is 0 Å². The minimum Gasteiger partial charge on any atom is -0.481 e. The molecule has 8 heteroatoms. The number of pyridine rings is 1. The van der Waals surface area contributed by atoms with Crippen molar-refractivity contribution >= 4 is 23.6 Å². The van der Waals surface area contributed by atoms with Crippen molar-refractivity contribution in [3.05, 3.63) is 59.9 Å². The number of nitrogens with one attached hydrogen (secondary N) is 3. The quantitative estimate of drug-likeness (QED) is 0.598. The molecule has 0 radical (unpaired) electrons. The second kappa shape index (κ2) is 8.31. The molecule has 0 aliphatic heterocycles. The molecule has 0 saturated heterocycles. The van der Waals surface area contributed by atoms with Gasteiger partial charge in [0.2, 0.25) is 0 Å². The van der Waals surface area contributed by atoms with E-state index in [9.17, 15) is 14.4 Å². The molecule has 3 amide bonds. The Bertz CT molecular complexity index is 819. The summed E-state index contributed by atoms with van der Waals surface area (Å²) >= 11 is 0. The average molecular weight is 368 g/mol. The highest BCUT2D eigenvalue weighted by molar-refractivity contribution is 5.96. The molecule has 1 saturated carbocycles. The van der Waals surface area contributed by atoms with Crippen molar-refractivity contribution in [1.29, 1.82) is 0 Å². The van der Waals surface area contributed by atoms with Crippen LogP contribution in [0.25, 0.3) is 0 Å². The summed E-state index contributed by atoms with van der Waals surface area (Å²) in [6, 6.07) is 9.09. The molecule has 0 unspecified atom stereocenters. The van der Waals surface area contributed by atoms with E-state index in [1.807, 2.05) is 0 Å². The van der Waals surface area contributed by atoms with Crippen LogP contribution in [0.2, 0.25) is 0 Å². The first-order chi connectivity index (χ1) is 13.0. The van der Waals surface area contributed by atoms with Gasteiger partial charge in [0.25, 0.3) is 5.91 Å². The monoisotopic (exact) mass is 368 g/mol. The number of urea groups is 1. The van der Waals surface area contributed by atoms with E-state index in [-0.39, 0.29) is 18.5 Å². The molecule has 8 nitrogen and oxygen atoms in total. The van der Waals surface area contributed by atoms with E-state index in [1.165, 1.54) is 6.20 Å². The minimum absolute atomic E-state index is 0.252. The predicted octanol–water partition coefficient (Wildman–Crippen LogP) is 2.31. The van der Waals surface area contributed by atoms with Gasteiger partial charge >= 0.3 is 12.0 Å². The van der Waals surface area contributed by atoms with Crippen molar-refractivity contribution in [3.8, 4) is 0 Å². The summed E-state index contributed by atoms with van der Waals surface area (Å²) in [6.45, 7) is 0. The lowest BCUT2D eigenvalue weighted by Gasteiger charge is -2.17. The van der Waals surface area contributed by atoms with Gasteiger partial charge in [-0.05, 0) is 48.7 Å². The number of anilines is 1. The van der Waals surface area contributed by atoms with E-state index in [0.717, 1.165) is 12.8 Å². The summed E-state index contributed by atoms with van der Waals surface area (Å²) in [5, 5.41) is 17.3. The Hall–Kier alpha value is -3.42. The van der Waals surface area contributed by atoms with Crippen LogP contribution in [0.4, 0.5) is 10.5 Å². The first-order valence-electron chi connectivity index (χ1n) is 8.61. The molecule has 4 N–H and O–H groups in total. The molecule has 1 atom stereocenters. The molecule has 0 spiro atoms. The highest BCUT2D eigenvalue weighted by Gasteiger charge is 2.23. The van der Waals surface area contributed by atoms with Crippen LogP contribution in [0.5, 0.6) is 0 Å². The lowest BCUT2D eigenvalue weighted by molar-refractivity contribution is -0.137. The zero-order chi connectivity index (χ0) is 19.2. The maximum absolute atomic E-state index is 12.5. The number of benzene rings is 1. The number of carboxylic acids is 1. The van der Waals surface area contributed by atoms with Crippen LogP contribution >= 0.6 is 0 Å². The van der Waals surface area contributed by atoms with Gasteiger partial charge in [0, 0.05) is 29.7 Å². The van der Waals surface area contributed by atoms with E-state index in [0.29, 0.717) is 16.8 Å². The minimum atomic E-state index is -1.02. The Kier molecular flexibility index (Phi) is 5.65. The molecule has 2 aromatic rings. The summed E-state index contributed by atoms with van der Waals surface area (Å²) in [5.74, 6) is -1.43. The zero-order valence-electron chi connectivity index (χ0n) is 14.5. The van der Waals surface area contributed by atoms with Crippen molar-refractivity contribution < 1.29 is 19.5 Å². The summed E-state index contributed by atoms with van der Waals surface area (Å²) in [4.78, 5) is 39.3. The van der Waals surface area contributed by atoms with Crippen LogP contribution in [0, 0.1) is 0 Å². The molecule has 1 fully saturated rings. The van der Waals surface area contributed by atoms with Crippen molar-refractivity contribution in [1.82, 2.24) is 15.6 Å². The Morgan fingerprint density at radius 3 is 2.48 bits per heavy atom. The number of aromatic nitrogens is 1. The lowest BCUT2D eigenvalue weighted by Crippen LogP contribution is -2.31. The maximum atomic E-state index is 12.5. The third-order valence-electron chi connectivity index (χ3n) is 4.09. The summed E-state index contributed by atoms with van der Waals surface area (Å²) in [6.07, 6.45) is 4.86. The number of carbonyl (C=O) groups excluding carboxylic acids is 2. The van der Waals surface area contributed by atoms with Gasteiger partial charge in [0.1, 0.15) is 0 Å². The van der Waals surface area contributed by atoms with Crippen LogP contribution in [0.3, 0.4) is 0 Å². The zero-order valence-corrected chi connectivity index (χ0v) is 14.5. The Balaban J connectivity index is 1.63. The fraction of sp³-hybridized carbons (Fsp3) is 0.263. The second-order valence-electron chi connectivity index (χ2n) is 6.36. The first kappa shape index (κ1) is 18.4. The SMILES string of the molecule is O=C(O)C[C@H](NC(=O)c1ccc(NC(=O)NC2CC2)cc1)c1cccnc1. The Morgan fingerprint density at radius 2 is 1.89 bits per heavy atom. The standard InChI is InChI=1S/C19H20N4O4/c24-17(25)10-16(13-2-1-9-20-11-13)23-18(26)12-3-5-14(6-4-12)21-19(27)22-15-7-8-15/h1-6,9,11,15-16H,7-8,10H2,(H,23,26)(H,24,25)(H2,21,22,27)/t16-/m0/s1. The molecular formula is C19H20N4O4. The number of carbonyl (C=O) groups is 3. The molecule has 1 heterocycles. The largest absolute Gasteiger partial charge is 0.481 e. The summed E-state index contributed by atoms with van der Waals surface area (Å²) in [5.41, 5.74) is 1.55. The van der Waals surface area contributed by atoms with E-state index in [2.05, 4.69) is 20.9 Å². The molecule has 3 rings (SSSR count). The number of amides is 3. The number of rotatable bonds is 7. The van der Waals surface area contributed by atoms with Gasteiger partial charge in [-0.3, -0.25) is 14.6 Å². The topological polar surface area (TPSA) is 120 Å². The van der Waals surface area contributed by atoms with Crippen molar-refractivity contribution in [2.45, 2.75) is 31.3 Å². The smallest absolute Gasteiger partial charge is 0.319 e. The average Bonchev–Trinajstić information content (AvgIpc) is 3.46. The number of hydrogen-bond donors (Lipinski definition) is 4. The van der Waals surface area contributed by atoms with Gasteiger partial charge in [-0.25, -0.2) is 4.79 Å².